The van der Waals surface area contributed by atoms with E-state index in [0.29, 0.717) is 5.69 Å². The maximum Gasteiger partial charge on any atom is 0.266 e. The molecule has 5 nitrogen and oxygen atoms in total. The number of aromatic nitrogens is 3. The molecule has 0 aliphatic carbocycles. The molecule has 3 rings (SSSR count). The summed E-state index contributed by atoms with van der Waals surface area (Å²) in [4.78, 5) is 11.1. The summed E-state index contributed by atoms with van der Waals surface area (Å²) in [6.07, 6.45) is 1.99. The van der Waals surface area contributed by atoms with Crippen molar-refractivity contribution in [3.8, 4) is 11.3 Å². The van der Waals surface area contributed by atoms with Gasteiger partial charge in [-0.3, -0.25) is 9.89 Å². The number of fused-ring (bicyclic) bond motifs is 1. The number of amides is 1. The van der Waals surface area contributed by atoms with Gasteiger partial charge in [-0.1, -0.05) is 18.2 Å². The Bertz CT molecular complexity index is 738. The zero-order valence-electron chi connectivity index (χ0n) is 9.84. The number of aryl methyl sites for hydroxylation is 1. The number of H-pyrrole nitrogens is 1. The van der Waals surface area contributed by atoms with Gasteiger partial charge in [-0.2, -0.15) is 5.10 Å². The van der Waals surface area contributed by atoms with E-state index in [4.69, 9.17) is 5.73 Å². The first kappa shape index (κ1) is 10.6. The van der Waals surface area contributed by atoms with Gasteiger partial charge in [-0.25, -0.2) is 0 Å². The number of carbonyl (C=O) groups excluding carboxylic acids is 1. The summed E-state index contributed by atoms with van der Waals surface area (Å²) < 4.78 is 2.03. The number of carbonyl (C=O) groups is 1. The van der Waals surface area contributed by atoms with E-state index in [1.54, 1.807) is 6.07 Å². The van der Waals surface area contributed by atoms with Crippen LogP contribution in [0.4, 0.5) is 0 Å². The molecule has 3 N–H and O–H groups in total. The minimum absolute atomic E-state index is 0.318. The summed E-state index contributed by atoms with van der Waals surface area (Å²) in [6, 6.07) is 9.72. The van der Waals surface area contributed by atoms with Gasteiger partial charge in [0.25, 0.3) is 5.91 Å². The van der Waals surface area contributed by atoms with Gasteiger partial charge in [0.1, 0.15) is 5.69 Å². The zero-order valence-corrected chi connectivity index (χ0v) is 9.84. The highest BCUT2D eigenvalue weighted by molar-refractivity contribution is 5.97. The molecule has 5 heteroatoms. The third-order valence-electron chi connectivity index (χ3n) is 3.02. The van der Waals surface area contributed by atoms with Crippen molar-refractivity contribution >= 4 is 16.8 Å². The summed E-state index contributed by atoms with van der Waals surface area (Å²) in [5.74, 6) is -0.506. The predicted octanol–water partition coefficient (Wildman–Crippen LogP) is 1.67. The van der Waals surface area contributed by atoms with Gasteiger partial charge in [-0.15, -0.1) is 0 Å². The van der Waals surface area contributed by atoms with Crippen molar-refractivity contribution < 1.29 is 4.79 Å². The highest BCUT2D eigenvalue weighted by Crippen LogP contribution is 2.28. The highest BCUT2D eigenvalue weighted by Gasteiger charge is 2.12. The smallest absolute Gasteiger partial charge is 0.266 e. The van der Waals surface area contributed by atoms with Crippen LogP contribution in [-0.2, 0) is 7.05 Å². The molecule has 0 atom stereocenters. The molecule has 0 aliphatic heterocycles. The Hall–Kier alpha value is -2.56. The topological polar surface area (TPSA) is 76.7 Å². The molecule has 1 aromatic carbocycles. The van der Waals surface area contributed by atoms with Gasteiger partial charge < -0.3 is 10.3 Å². The fourth-order valence-corrected chi connectivity index (χ4v) is 2.13. The Balaban J connectivity index is 2.22. The molecule has 0 spiro atoms. The first-order valence-corrected chi connectivity index (χ1v) is 5.56. The van der Waals surface area contributed by atoms with Gasteiger partial charge in [0, 0.05) is 29.7 Å². The van der Waals surface area contributed by atoms with Crippen LogP contribution in [0.5, 0.6) is 0 Å². The molecule has 0 unspecified atom stereocenters. The predicted molar refractivity (Wildman–Crippen MR) is 69.0 cm³/mol. The molecular formula is C13H12N4O. The molecule has 2 aromatic heterocycles. The Kier molecular flexibility index (Phi) is 2.19. The minimum Gasteiger partial charge on any atom is -0.364 e. The quantitative estimate of drug-likeness (QED) is 0.714. The second-order valence-corrected chi connectivity index (χ2v) is 4.20. The van der Waals surface area contributed by atoms with Crippen LogP contribution in [0.3, 0.4) is 0 Å². The number of nitrogens with two attached hydrogens (primary N) is 1. The van der Waals surface area contributed by atoms with Gasteiger partial charge in [0.15, 0.2) is 0 Å². The van der Waals surface area contributed by atoms with Crippen molar-refractivity contribution in [2.24, 2.45) is 12.8 Å². The average Bonchev–Trinajstić information content (AvgIpc) is 2.95. The number of hydrogen-bond donors (Lipinski definition) is 2. The van der Waals surface area contributed by atoms with Crippen molar-refractivity contribution in [3.05, 3.63) is 42.2 Å². The lowest BCUT2D eigenvalue weighted by atomic mass is 10.1. The van der Waals surface area contributed by atoms with E-state index in [0.717, 1.165) is 22.2 Å². The Morgan fingerprint density at radius 2 is 2.17 bits per heavy atom. The van der Waals surface area contributed by atoms with E-state index in [1.165, 1.54) is 0 Å². The first-order chi connectivity index (χ1) is 8.66. The summed E-state index contributed by atoms with van der Waals surface area (Å²) in [5, 5.41) is 7.88. The number of aromatic amines is 1. The standard InChI is InChI=1S/C13H12N4O/c1-17-7-9(8-4-2-3-5-12(8)17)10-6-11(13(14)18)16-15-10/h2-7H,1H3,(H2,14,18)(H,15,16). The summed E-state index contributed by atoms with van der Waals surface area (Å²) >= 11 is 0. The molecule has 1 amide bonds. The number of nitrogens with zero attached hydrogens (tertiary/aromatic N) is 2. The second kappa shape index (κ2) is 3.73. The lowest BCUT2D eigenvalue weighted by molar-refractivity contribution is 0.0995. The Morgan fingerprint density at radius 3 is 2.89 bits per heavy atom. The van der Waals surface area contributed by atoms with E-state index >= 15 is 0 Å². The molecule has 0 bridgehead atoms. The van der Waals surface area contributed by atoms with E-state index in [1.807, 2.05) is 42.1 Å². The van der Waals surface area contributed by atoms with Gasteiger partial charge >= 0.3 is 0 Å². The van der Waals surface area contributed by atoms with Crippen LogP contribution in [0.1, 0.15) is 10.5 Å². The second-order valence-electron chi connectivity index (χ2n) is 4.20. The number of benzene rings is 1. The van der Waals surface area contributed by atoms with Crippen LogP contribution in [0.2, 0.25) is 0 Å². The average molecular weight is 240 g/mol. The summed E-state index contributed by atoms with van der Waals surface area (Å²) in [6.45, 7) is 0. The molecule has 18 heavy (non-hydrogen) atoms. The molecule has 90 valence electrons. The number of hydrogen-bond acceptors (Lipinski definition) is 2. The molecule has 0 saturated heterocycles. The molecule has 2 heterocycles. The molecule has 0 fully saturated rings. The molecule has 0 radical (unpaired) electrons. The Labute approximate surface area is 103 Å². The van der Waals surface area contributed by atoms with Gasteiger partial charge in [0.05, 0.1) is 5.69 Å². The third kappa shape index (κ3) is 1.48. The van der Waals surface area contributed by atoms with E-state index < -0.39 is 5.91 Å². The first-order valence-electron chi connectivity index (χ1n) is 5.56. The maximum absolute atomic E-state index is 11.1. The van der Waals surface area contributed by atoms with Crippen LogP contribution in [0.25, 0.3) is 22.2 Å². The maximum atomic E-state index is 11.1. The van der Waals surface area contributed by atoms with Crippen molar-refractivity contribution in [2.45, 2.75) is 0 Å². The normalized spacial score (nSPS) is 10.9. The van der Waals surface area contributed by atoms with Gasteiger partial charge in [-0.05, 0) is 12.1 Å². The highest BCUT2D eigenvalue weighted by atomic mass is 16.1. The van der Waals surface area contributed by atoms with Crippen molar-refractivity contribution in [1.82, 2.24) is 14.8 Å². The number of para-hydroxylation sites is 1. The number of rotatable bonds is 2. The molecule has 0 aliphatic rings. The van der Waals surface area contributed by atoms with Crippen molar-refractivity contribution in [2.75, 3.05) is 0 Å². The van der Waals surface area contributed by atoms with Crippen LogP contribution < -0.4 is 5.73 Å². The van der Waals surface area contributed by atoms with Crippen LogP contribution in [0, 0.1) is 0 Å². The van der Waals surface area contributed by atoms with Crippen LogP contribution >= 0.6 is 0 Å². The van der Waals surface area contributed by atoms with Crippen molar-refractivity contribution in [1.29, 1.82) is 0 Å². The summed E-state index contributed by atoms with van der Waals surface area (Å²) in [7, 11) is 1.98. The SMILES string of the molecule is Cn1cc(-c2cc(C(N)=O)[nH]n2)c2ccccc21. The molecular weight excluding hydrogens is 228 g/mol. The monoisotopic (exact) mass is 240 g/mol. The minimum atomic E-state index is -0.506. The van der Waals surface area contributed by atoms with Crippen LogP contribution in [-0.4, -0.2) is 20.7 Å². The molecule has 3 aromatic rings. The fourth-order valence-electron chi connectivity index (χ4n) is 2.13. The van der Waals surface area contributed by atoms with E-state index in [-0.39, 0.29) is 0 Å². The van der Waals surface area contributed by atoms with E-state index in [9.17, 15) is 4.79 Å². The van der Waals surface area contributed by atoms with Gasteiger partial charge in [0.2, 0.25) is 0 Å². The van der Waals surface area contributed by atoms with Crippen LogP contribution in [0.15, 0.2) is 36.5 Å². The largest absolute Gasteiger partial charge is 0.364 e. The summed E-state index contributed by atoms with van der Waals surface area (Å²) in [5.41, 5.74) is 8.35. The zero-order chi connectivity index (χ0) is 12.7. The van der Waals surface area contributed by atoms with Crippen molar-refractivity contribution in [3.63, 3.8) is 0 Å². The molecule has 0 saturated carbocycles. The van der Waals surface area contributed by atoms with E-state index in [2.05, 4.69) is 10.2 Å². The Morgan fingerprint density at radius 1 is 1.39 bits per heavy atom. The number of nitrogens with one attached hydrogen (secondary N) is 1. The fraction of sp³-hybridized carbons (Fsp3) is 0.0769. The third-order valence-corrected chi connectivity index (χ3v) is 3.02. The number of primary amides is 1. The lowest BCUT2D eigenvalue weighted by Crippen LogP contribution is -2.10. The lowest BCUT2D eigenvalue weighted by Gasteiger charge is -1.93.